The molecule has 146 valence electrons. The van der Waals surface area contributed by atoms with Crippen LogP contribution in [0.5, 0.6) is 0 Å². The topological polar surface area (TPSA) is 71.8 Å². The molecule has 1 saturated heterocycles. The van der Waals surface area contributed by atoms with Gasteiger partial charge in [-0.2, -0.15) is 13.2 Å². The number of nitrogens with one attached hydrogen (secondary N) is 2. The first kappa shape index (κ1) is 18.4. The van der Waals surface area contributed by atoms with Crippen LogP contribution in [-0.4, -0.2) is 33.5 Å². The van der Waals surface area contributed by atoms with Crippen molar-refractivity contribution in [3.8, 4) is 0 Å². The van der Waals surface area contributed by atoms with E-state index in [1.165, 1.54) is 12.1 Å². The second-order valence-corrected chi connectivity index (χ2v) is 6.70. The third kappa shape index (κ3) is 3.57. The van der Waals surface area contributed by atoms with Crippen molar-refractivity contribution < 1.29 is 18.0 Å². The predicted molar refractivity (Wildman–Crippen MR) is 98.1 cm³/mol. The Balaban J connectivity index is 1.69. The van der Waals surface area contributed by atoms with Gasteiger partial charge in [-0.3, -0.25) is 15.1 Å². The molecule has 2 aromatic heterocycles. The van der Waals surface area contributed by atoms with Gasteiger partial charge in [0.2, 0.25) is 5.95 Å². The molecule has 0 radical (unpaired) electrons. The minimum Gasteiger partial charge on any atom is -0.315 e. The highest BCUT2D eigenvalue weighted by Crippen LogP contribution is 2.31. The number of fused-ring (bicyclic) bond motifs is 1. The van der Waals surface area contributed by atoms with Crippen LogP contribution >= 0.6 is 0 Å². The Bertz CT molecular complexity index is 1010. The molecule has 4 rings (SSSR count). The van der Waals surface area contributed by atoms with Gasteiger partial charge in [0.25, 0.3) is 5.91 Å². The number of nitrogens with zero attached hydrogens (tertiary/aromatic N) is 3. The molecular weight excluding hydrogens is 371 g/mol. The molecule has 0 spiro atoms. The number of rotatable bonds is 3. The van der Waals surface area contributed by atoms with Crippen molar-refractivity contribution >= 4 is 22.9 Å². The van der Waals surface area contributed by atoms with Gasteiger partial charge in [-0.25, -0.2) is 4.98 Å². The van der Waals surface area contributed by atoms with E-state index in [0.29, 0.717) is 11.5 Å². The number of alkyl halides is 3. The minimum absolute atomic E-state index is 0.0756. The van der Waals surface area contributed by atoms with Crippen LogP contribution in [0.2, 0.25) is 0 Å². The second-order valence-electron chi connectivity index (χ2n) is 6.70. The number of anilines is 1. The second kappa shape index (κ2) is 7.23. The van der Waals surface area contributed by atoms with Gasteiger partial charge < -0.3 is 9.88 Å². The fourth-order valence-electron chi connectivity index (χ4n) is 3.47. The quantitative estimate of drug-likeness (QED) is 0.718. The predicted octanol–water partition coefficient (Wildman–Crippen LogP) is 3.63. The van der Waals surface area contributed by atoms with Crippen molar-refractivity contribution in [3.63, 3.8) is 0 Å². The highest BCUT2D eigenvalue weighted by atomic mass is 19.4. The number of halogens is 3. The lowest BCUT2D eigenvalue weighted by molar-refractivity contribution is -0.137. The smallest absolute Gasteiger partial charge is 0.315 e. The van der Waals surface area contributed by atoms with Crippen LogP contribution in [-0.2, 0) is 6.18 Å². The molecule has 1 aliphatic heterocycles. The molecule has 1 aromatic carbocycles. The number of carbonyl (C=O) groups excluding carboxylic acids is 1. The Labute approximate surface area is 158 Å². The maximum Gasteiger partial charge on any atom is 0.416 e. The van der Waals surface area contributed by atoms with E-state index in [2.05, 4.69) is 20.6 Å². The first-order chi connectivity index (χ1) is 13.4. The zero-order chi connectivity index (χ0) is 19.7. The lowest BCUT2D eigenvalue weighted by atomic mass is 10.1. The molecule has 1 aliphatic rings. The number of imidazole rings is 1. The number of piperidine rings is 1. The first-order valence-corrected chi connectivity index (χ1v) is 8.95. The van der Waals surface area contributed by atoms with Crippen molar-refractivity contribution in [1.29, 1.82) is 0 Å². The molecule has 1 fully saturated rings. The number of benzene rings is 1. The third-order valence-electron chi connectivity index (χ3n) is 4.81. The summed E-state index contributed by atoms with van der Waals surface area (Å²) in [5.41, 5.74) is 0.498. The largest absolute Gasteiger partial charge is 0.416 e. The van der Waals surface area contributed by atoms with Gasteiger partial charge in [-0.05, 0) is 43.7 Å². The summed E-state index contributed by atoms with van der Waals surface area (Å²) < 4.78 is 40.8. The van der Waals surface area contributed by atoms with Crippen LogP contribution in [0.25, 0.3) is 11.0 Å². The van der Waals surface area contributed by atoms with E-state index in [1.54, 1.807) is 12.4 Å². The van der Waals surface area contributed by atoms with Gasteiger partial charge in [0, 0.05) is 24.3 Å². The van der Waals surface area contributed by atoms with Crippen molar-refractivity contribution in [2.24, 2.45) is 0 Å². The van der Waals surface area contributed by atoms with Gasteiger partial charge in [-0.1, -0.05) is 6.07 Å². The number of pyridine rings is 1. The lowest BCUT2D eigenvalue weighted by Crippen LogP contribution is -2.32. The molecule has 1 amide bonds. The molecular formula is C19H18F3N5O. The highest BCUT2D eigenvalue weighted by molar-refractivity contribution is 6.04. The standard InChI is InChI=1S/C19H18F3N5O/c20-19(21,22)13-4-1-3-12(9-13)17(28)26-18-25-15-11-24-8-6-16(15)27(18)14-5-2-7-23-10-14/h1,3-4,6,8-9,11,14,23H,2,5,7,10H2,(H,25,26,28). The molecule has 3 heterocycles. The molecule has 1 atom stereocenters. The van der Waals surface area contributed by atoms with E-state index in [9.17, 15) is 18.0 Å². The summed E-state index contributed by atoms with van der Waals surface area (Å²) >= 11 is 0. The molecule has 0 aliphatic carbocycles. The van der Waals surface area contributed by atoms with Crippen molar-refractivity contribution in [2.75, 3.05) is 18.4 Å². The van der Waals surface area contributed by atoms with Crippen LogP contribution < -0.4 is 10.6 Å². The van der Waals surface area contributed by atoms with Gasteiger partial charge in [0.15, 0.2) is 0 Å². The molecule has 2 N–H and O–H groups in total. The molecule has 6 nitrogen and oxygen atoms in total. The zero-order valence-electron chi connectivity index (χ0n) is 14.8. The highest BCUT2D eigenvalue weighted by Gasteiger charge is 2.31. The molecule has 0 saturated carbocycles. The van der Waals surface area contributed by atoms with Crippen LogP contribution in [0.15, 0.2) is 42.7 Å². The maximum absolute atomic E-state index is 12.9. The molecule has 9 heteroatoms. The average molecular weight is 389 g/mol. The summed E-state index contributed by atoms with van der Waals surface area (Å²) in [6.45, 7) is 1.65. The van der Waals surface area contributed by atoms with E-state index in [-0.39, 0.29) is 11.6 Å². The van der Waals surface area contributed by atoms with E-state index >= 15 is 0 Å². The Morgan fingerprint density at radius 2 is 2.14 bits per heavy atom. The number of amides is 1. The van der Waals surface area contributed by atoms with Crippen LogP contribution in [0.3, 0.4) is 0 Å². The number of hydrogen-bond acceptors (Lipinski definition) is 4. The summed E-state index contributed by atoms with van der Waals surface area (Å²) in [6.07, 6.45) is 0.629. The van der Waals surface area contributed by atoms with Crippen LogP contribution in [0, 0.1) is 0 Å². The normalized spacial score (nSPS) is 17.6. The fraction of sp³-hybridized carbons (Fsp3) is 0.316. The number of carbonyl (C=O) groups is 1. The molecule has 1 unspecified atom stereocenters. The van der Waals surface area contributed by atoms with E-state index in [4.69, 9.17) is 0 Å². The Morgan fingerprint density at radius 3 is 2.89 bits per heavy atom. The molecule has 3 aromatic rings. The zero-order valence-corrected chi connectivity index (χ0v) is 14.8. The summed E-state index contributed by atoms with van der Waals surface area (Å²) in [7, 11) is 0. The monoisotopic (exact) mass is 389 g/mol. The number of hydrogen-bond donors (Lipinski definition) is 2. The van der Waals surface area contributed by atoms with E-state index < -0.39 is 17.6 Å². The van der Waals surface area contributed by atoms with E-state index in [1.807, 2.05) is 10.6 Å². The SMILES string of the molecule is O=C(Nc1nc2cnccc2n1C1CCCNC1)c1cccc(C(F)(F)F)c1. The van der Waals surface area contributed by atoms with Crippen LogP contribution in [0.1, 0.15) is 34.8 Å². The minimum atomic E-state index is -4.51. The van der Waals surface area contributed by atoms with Gasteiger partial charge in [0.05, 0.1) is 17.3 Å². The van der Waals surface area contributed by atoms with Crippen molar-refractivity contribution in [1.82, 2.24) is 19.9 Å². The average Bonchev–Trinajstić information content (AvgIpc) is 3.06. The van der Waals surface area contributed by atoms with E-state index in [0.717, 1.165) is 43.6 Å². The maximum atomic E-state index is 12.9. The van der Waals surface area contributed by atoms with Gasteiger partial charge in [0.1, 0.15) is 5.52 Å². The van der Waals surface area contributed by atoms with Crippen molar-refractivity contribution in [3.05, 3.63) is 53.9 Å². The summed E-state index contributed by atoms with van der Waals surface area (Å²) in [6, 6.07) is 6.24. The molecule has 28 heavy (non-hydrogen) atoms. The Hall–Kier alpha value is -2.94. The van der Waals surface area contributed by atoms with Gasteiger partial charge in [-0.15, -0.1) is 0 Å². The van der Waals surface area contributed by atoms with Gasteiger partial charge >= 0.3 is 6.18 Å². The third-order valence-corrected chi connectivity index (χ3v) is 4.81. The summed E-state index contributed by atoms with van der Waals surface area (Å²) in [4.78, 5) is 21.1. The fourth-order valence-corrected chi connectivity index (χ4v) is 3.47. The molecule has 0 bridgehead atoms. The first-order valence-electron chi connectivity index (χ1n) is 8.95. The summed E-state index contributed by atoms with van der Waals surface area (Å²) in [5, 5.41) is 6.00. The Morgan fingerprint density at radius 1 is 1.29 bits per heavy atom. The van der Waals surface area contributed by atoms with Crippen molar-refractivity contribution in [2.45, 2.75) is 25.1 Å². The number of aromatic nitrogens is 3. The summed E-state index contributed by atoms with van der Waals surface area (Å²) in [5.74, 6) is -0.335. The Kier molecular flexibility index (Phi) is 4.76. The lowest BCUT2D eigenvalue weighted by Gasteiger charge is -2.26. The van der Waals surface area contributed by atoms with Crippen LogP contribution in [0.4, 0.5) is 19.1 Å².